The average molecular weight is 270 g/mol. The summed E-state index contributed by atoms with van der Waals surface area (Å²) in [4.78, 5) is 13.5. The van der Waals surface area contributed by atoms with Crippen molar-refractivity contribution >= 4 is 17.5 Å². The van der Waals surface area contributed by atoms with Crippen LogP contribution in [0.25, 0.3) is 0 Å². The number of aryl methyl sites for hydroxylation is 1. The second-order valence-electron chi connectivity index (χ2n) is 4.34. The number of carbonyl (C=O) groups is 1. The summed E-state index contributed by atoms with van der Waals surface area (Å²) in [5, 5.41) is 0. The van der Waals surface area contributed by atoms with E-state index in [0.29, 0.717) is 0 Å². The fourth-order valence-corrected chi connectivity index (χ4v) is 2.59. The Labute approximate surface area is 119 Å². The molecule has 0 aliphatic carbocycles. The van der Waals surface area contributed by atoms with Crippen molar-refractivity contribution in [3.63, 3.8) is 0 Å². The van der Waals surface area contributed by atoms with Crippen LogP contribution in [0, 0.1) is 0 Å². The highest BCUT2D eigenvalue weighted by Crippen LogP contribution is 2.19. The van der Waals surface area contributed by atoms with E-state index in [1.54, 1.807) is 11.8 Å². The van der Waals surface area contributed by atoms with Gasteiger partial charge in [-0.25, -0.2) is 0 Å². The standard InChI is InChI=1S/C17H18OS/c1-3-13-5-7-14(8-6-13)17(18)15-9-11-16(12-10-15)19-4-2/h5-12H,3-4H2,1-2H3. The Balaban J connectivity index is 2.18. The third-order valence-corrected chi connectivity index (χ3v) is 3.95. The lowest BCUT2D eigenvalue weighted by Crippen LogP contribution is -2.01. The fourth-order valence-electron chi connectivity index (χ4n) is 1.93. The highest BCUT2D eigenvalue weighted by Gasteiger charge is 2.08. The molecule has 19 heavy (non-hydrogen) atoms. The van der Waals surface area contributed by atoms with Crippen molar-refractivity contribution in [1.82, 2.24) is 0 Å². The maximum atomic E-state index is 12.3. The first-order chi connectivity index (χ1) is 9.24. The number of hydrogen-bond donors (Lipinski definition) is 0. The van der Waals surface area contributed by atoms with Crippen LogP contribution in [0.2, 0.25) is 0 Å². The number of carbonyl (C=O) groups excluding carboxylic acids is 1. The van der Waals surface area contributed by atoms with Gasteiger partial charge in [0.05, 0.1) is 0 Å². The Morgan fingerprint density at radius 2 is 1.42 bits per heavy atom. The van der Waals surface area contributed by atoms with Crippen LogP contribution >= 0.6 is 11.8 Å². The summed E-state index contributed by atoms with van der Waals surface area (Å²) in [7, 11) is 0. The number of thioether (sulfide) groups is 1. The Bertz CT molecular complexity index is 540. The van der Waals surface area contributed by atoms with Crippen LogP contribution in [0.4, 0.5) is 0 Å². The van der Waals surface area contributed by atoms with Gasteiger partial charge in [0.15, 0.2) is 5.78 Å². The average Bonchev–Trinajstić information content (AvgIpc) is 2.48. The van der Waals surface area contributed by atoms with Gasteiger partial charge in [0.2, 0.25) is 0 Å². The Kier molecular flexibility index (Phi) is 4.80. The molecule has 0 fully saturated rings. The Morgan fingerprint density at radius 3 is 1.89 bits per heavy atom. The number of ketones is 1. The van der Waals surface area contributed by atoms with Crippen molar-refractivity contribution in [2.24, 2.45) is 0 Å². The zero-order chi connectivity index (χ0) is 13.7. The van der Waals surface area contributed by atoms with E-state index in [4.69, 9.17) is 0 Å². The topological polar surface area (TPSA) is 17.1 Å². The van der Waals surface area contributed by atoms with Gasteiger partial charge in [-0.3, -0.25) is 4.79 Å². The van der Waals surface area contributed by atoms with E-state index in [1.165, 1.54) is 10.5 Å². The SMILES string of the molecule is CCSc1ccc(C(=O)c2ccc(CC)cc2)cc1. The highest BCUT2D eigenvalue weighted by atomic mass is 32.2. The van der Waals surface area contributed by atoms with Gasteiger partial charge in [-0.15, -0.1) is 11.8 Å². The van der Waals surface area contributed by atoms with Gasteiger partial charge in [-0.1, -0.05) is 38.1 Å². The van der Waals surface area contributed by atoms with Crippen molar-refractivity contribution in [1.29, 1.82) is 0 Å². The van der Waals surface area contributed by atoms with Gasteiger partial charge in [0.1, 0.15) is 0 Å². The first-order valence-electron chi connectivity index (χ1n) is 6.61. The minimum Gasteiger partial charge on any atom is -0.289 e. The third-order valence-electron chi connectivity index (χ3n) is 3.05. The van der Waals surface area contributed by atoms with Gasteiger partial charge in [0, 0.05) is 16.0 Å². The minimum atomic E-state index is 0.0932. The second kappa shape index (κ2) is 6.58. The van der Waals surface area contributed by atoms with E-state index in [-0.39, 0.29) is 5.78 Å². The number of rotatable bonds is 5. The Morgan fingerprint density at radius 1 is 0.895 bits per heavy atom. The van der Waals surface area contributed by atoms with Crippen molar-refractivity contribution in [2.75, 3.05) is 5.75 Å². The van der Waals surface area contributed by atoms with Crippen LogP contribution in [0.1, 0.15) is 35.3 Å². The minimum absolute atomic E-state index is 0.0932. The van der Waals surface area contributed by atoms with Gasteiger partial charge < -0.3 is 0 Å². The molecule has 2 heteroatoms. The summed E-state index contributed by atoms with van der Waals surface area (Å²) >= 11 is 1.79. The van der Waals surface area contributed by atoms with E-state index in [1.807, 2.05) is 48.5 Å². The fraction of sp³-hybridized carbons (Fsp3) is 0.235. The molecule has 98 valence electrons. The molecule has 0 saturated heterocycles. The predicted octanol–water partition coefficient (Wildman–Crippen LogP) is 4.59. The van der Waals surface area contributed by atoms with Gasteiger partial charge in [0.25, 0.3) is 0 Å². The van der Waals surface area contributed by atoms with Crippen molar-refractivity contribution in [3.05, 3.63) is 65.2 Å². The molecule has 0 aliphatic heterocycles. The van der Waals surface area contributed by atoms with Crippen LogP contribution < -0.4 is 0 Å². The predicted molar refractivity (Wildman–Crippen MR) is 82.1 cm³/mol. The first-order valence-corrected chi connectivity index (χ1v) is 7.59. The molecular formula is C17H18OS. The lowest BCUT2D eigenvalue weighted by atomic mass is 10.0. The summed E-state index contributed by atoms with van der Waals surface area (Å²) in [6.45, 7) is 4.24. The van der Waals surface area contributed by atoms with Crippen LogP contribution in [0.15, 0.2) is 53.4 Å². The molecule has 2 rings (SSSR count). The molecule has 0 unspecified atom stereocenters. The lowest BCUT2D eigenvalue weighted by molar-refractivity contribution is 0.103. The van der Waals surface area contributed by atoms with Crippen LogP contribution in [-0.4, -0.2) is 11.5 Å². The molecule has 0 atom stereocenters. The normalized spacial score (nSPS) is 10.4. The molecule has 0 spiro atoms. The van der Waals surface area contributed by atoms with Gasteiger partial charge >= 0.3 is 0 Å². The van der Waals surface area contributed by atoms with E-state index in [9.17, 15) is 4.79 Å². The molecule has 0 aliphatic rings. The van der Waals surface area contributed by atoms with Crippen LogP contribution in [0.3, 0.4) is 0 Å². The van der Waals surface area contributed by atoms with Crippen LogP contribution in [-0.2, 0) is 6.42 Å². The summed E-state index contributed by atoms with van der Waals surface area (Å²) in [5.74, 6) is 1.14. The molecule has 2 aromatic carbocycles. The second-order valence-corrected chi connectivity index (χ2v) is 5.67. The molecule has 0 bridgehead atoms. The number of benzene rings is 2. The maximum Gasteiger partial charge on any atom is 0.193 e. The van der Waals surface area contributed by atoms with Crippen molar-refractivity contribution in [2.45, 2.75) is 25.2 Å². The molecule has 0 saturated carbocycles. The van der Waals surface area contributed by atoms with E-state index in [2.05, 4.69) is 13.8 Å². The zero-order valence-electron chi connectivity index (χ0n) is 11.3. The lowest BCUT2D eigenvalue weighted by Gasteiger charge is -2.04. The summed E-state index contributed by atoms with van der Waals surface area (Å²) in [5.41, 5.74) is 2.77. The number of hydrogen-bond acceptors (Lipinski definition) is 2. The van der Waals surface area contributed by atoms with Crippen LogP contribution in [0.5, 0.6) is 0 Å². The molecule has 2 aromatic rings. The summed E-state index contributed by atoms with van der Waals surface area (Å²) in [6, 6.07) is 15.7. The third kappa shape index (κ3) is 3.48. The molecule has 0 radical (unpaired) electrons. The molecule has 0 amide bonds. The Hall–Kier alpha value is -1.54. The monoisotopic (exact) mass is 270 g/mol. The zero-order valence-corrected chi connectivity index (χ0v) is 12.2. The highest BCUT2D eigenvalue weighted by molar-refractivity contribution is 7.99. The molecule has 1 nitrogen and oxygen atoms in total. The molecule has 0 N–H and O–H groups in total. The first kappa shape index (κ1) is 13.9. The van der Waals surface area contributed by atoms with E-state index < -0.39 is 0 Å². The quantitative estimate of drug-likeness (QED) is 0.584. The largest absolute Gasteiger partial charge is 0.289 e. The van der Waals surface area contributed by atoms with Crippen molar-refractivity contribution < 1.29 is 4.79 Å². The smallest absolute Gasteiger partial charge is 0.193 e. The summed E-state index contributed by atoms with van der Waals surface area (Å²) < 4.78 is 0. The van der Waals surface area contributed by atoms with Gasteiger partial charge in [-0.2, -0.15) is 0 Å². The van der Waals surface area contributed by atoms with Gasteiger partial charge in [-0.05, 0) is 42.0 Å². The maximum absolute atomic E-state index is 12.3. The molecule has 0 aromatic heterocycles. The molecular weight excluding hydrogens is 252 g/mol. The van der Waals surface area contributed by atoms with Crippen molar-refractivity contribution in [3.8, 4) is 0 Å². The van der Waals surface area contributed by atoms with E-state index >= 15 is 0 Å². The molecule has 0 heterocycles. The summed E-state index contributed by atoms with van der Waals surface area (Å²) in [6.07, 6.45) is 0.997. The van der Waals surface area contributed by atoms with E-state index in [0.717, 1.165) is 23.3 Å².